The fourth-order valence-corrected chi connectivity index (χ4v) is 8.62. The Morgan fingerprint density at radius 2 is 0.700 bits per heavy atom. The Bertz CT molecular complexity index is 826. The summed E-state index contributed by atoms with van der Waals surface area (Å²) in [5, 5.41) is 42.0. The zero-order valence-corrected chi connectivity index (χ0v) is 40.2. The van der Waals surface area contributed by atoms with E-state index in [1.807, 2.05) is 0 Å². The number of aliphatic hydroxyl groups is 4. The fourth-order valence-electron chi connectivity index (χ4n) is 8.62. The third-order valence-electron chi connectivity index (χ3n) is 12.7. The molecule has 360 valence electrons. The van der Waals surface area contributed by atoms with Gasteiger partial charge in [-0.05, 0) is 19.3 Å². The lowest BCUT2D eigenvalue weighted by Gasteiger charge is -2.34. The fraction of sp³-hybridized carbons (Fsp3) is 1.00. The molecule has 0 bridgehead atoms. The first-order chi connectivity index (χ1) is 29.4. The smallest absolute Gasteiger partial charge is 0.0667 e. The summed E-state index contributed by atoms with van der Waals surface area (Å²) in [6.45, 7) is 19.4. The molecule has 4 N–H and O–H groups in total. The molecule has 0 spiro atoms. The van der Waals surface area contributed by atoms with Crippen molar-refractivity contribution in [2.24, 2.45) is 0 Å². The summed E-state index contributed by atoms with van der Waals surface area (Å²) < 4.78 is 12.2. The van der Waals surface area contributed by atoms with E-state index in [2.05, 4.69) is 40.4 Å². The minimum Gasteiger partial charge on any atom is -0.395 e. The molecule has 1 heterocycles. The summed E-state index contributed by atoms with van der Waals surface area (Å²) in [7, 11) is 0. The predicted octanol–water partition coefficient (Wildman–Crippen LogP) is 8.91. The van der Waals surface area contributed by atoms with Crippen molar-refractivity contribution in [1.29, 1.82) is 0 Å². The Labute approximate surface area is 372 Å². The highest BCUT2D eigenvalue weighted by Gasteiger charge is 2.18. The van der Waals surface area contributed by atoms with Crippen molar-refractivity contribution < 1.29 is 29.9 Å². The first-order valence-electron chi connectivity index (χ1n) is 26.1. The minimum atomic E-state index is -0.351. The van der Waals surface area contributed by atoms with Crippen molar-refractivity contribution in [3.8, 4) is 0 Å². The van der Waals surface area contributed by atoms with Crippen LogP contribution in [0.4, 0.5) is 0 Å². The molecule has 0 saturated carbocycles. The van der Waals surface area contributed by atoms with Crippen molar-refractivity contribution in [2.75, 3.05) is 112 Å². The van der Waals surface area contributed by atoms with Crippen molar-refractivity contribution >= 4 is 0 Å². The predicted molar refractivity (Wildman–Crippen MR) is 254 cm³/mol. The van der Waals surface area contributed by atoms with Crippen molar-refractivity contribution in [3.05, 3.63) is 0 Å². The highest BCUT2D eigenvalue weighted by atomic mass is 16.5. The van der Waals surface area contributed by atoms with E-state index in [0.717, 1.165) is 90.9 Å². The SMILES string of the molecule is CCCCCCCCCCC(O)CN(CCO)CCOCCN1CCN(CCOCCN(CC(O)CCCCCCCCCC)CC(O)CCCCCCCCCC)CC1. The van der Waals surface area contributed by atoms with Crippen LogP contribution in [-0.4, -0.2) is 170 Å². The Hall–Kier alpha value is -0.400. The van der Waals surface area contributed by atoms with Gasteiger partial charge in [0.25, 0.3) is 0 Å². The van der Waals surface area contributed by atoms with Gasteiger partial charge in [0.2, 0.25) is 0 Å². The van der Waals surface area contributed by atoms with E-state index in [1.165, 1.54) is 135 Å². The molecular weight excluding hydrogens is 753 g/mol. The van der Waals surface area contributed by atoms with Crippen LogP contribution < -0.4 is 0 Å². The molecule has 10 nitrogen and oxygen atoms in total. The molecule has 1 aliphatic heterocycles. The van der Waals surface area contributed by atoms with Gasteiger partial charge in [0.1, 0.15) is 0 Å². The lowest BCUT2D eigenvalue weighted by molar-refractivity contribution is 0.0264. The minimum absolute atomic E-state index is 0.103. The molecule has 3 unspecified atom stereocenters. The van der Waals surface area contributed by atoms with Gasteiger partial charge in [-0.2, -0.15) is 0 Å². The molecule has 0 aromatic rings. The summed E-state index contributed by atoms with van der Waals surface area (Å²) in [4.78, 5) is 9.35. The lowest BCUT2D eigenvalue weighted by Crippen LogP contribution is -2.48. The van der Waals surface area contributed by atoms with Crippen LogP contribution in [0.15, 0.2) is 0 Å². The Balaban J connectivity index is 2.26. The van der Waals surface area contributed by atoms with Crippen LogP contribution in [0, 0.1) is 0 Å². The molecule has 60 heavy (non-hydrogen) atoms. The highest BCUT2D eigenvalue weighted by molar-refractivity contribution is 4.73. The molecule has 0 amide bonds. The van der Waals surface area contributed by atoms with Crippen molar-refractivity contribution in [3.63, 3.8) is 0 Å². The van der Waals surface area contributed by atoms with Gasteiger partial charge < -0.3 is 29.9 Å². The summed E-state index contributed by atoms with van der Waals surface area (Å²) in [5.74, 6) is 0. The quantitative estimate of drug-likeness (QED) is 0.0443. The summed E-state index contributed by atoms with van der Waals surface area (Å²) in [5.41, 5.74) is 0. The maximum absolute atomic E-state index is 10.9. The second-order valence-corrected chi connectivity index (χ2v) is 18.4. The number of unbranched alkanes of at least 4 members (excludes halogenated alkanes) is 21. The molecule has 0 radical (unpaired) electrons. The highest BCUT2D eigenvalue weighted by Crippen LogP contribution is 2.15. The largest absolute Gasteiger partial charge is 0.395 e. The van der Waals surface area contributed by atoms with Gasteiger partial charge in [0.15, 0.2) is 0 Å². The second kappa shape index (κ2) is 43.8. The van der Waals surface area contributed by atoms with Gasteiger partial charge in [-0.3, -0.25) is 19.6 Å². The van der Waals surface area contributed by atoms with Gasteiger partial charge in [-0.15, -0.1) is 0 Å². The van der Waals surface area contributed by atoms with E-state index < -0.39 is 0 Å². The molecule has 3 atom stereocenters. The zero-order chi connectivity index (χ0) is 43.6. The van der Waals surface area contributed by atoms with Crippen LogP contribution in [0.1, 0.15) is 194 Å². The van der Waals surface area contributed by atoms with E-state index in [-0.39, 0.29) is 24.9 Å². The molecule has 1 rings (SSSR count). The molecule has 0 aromatic heterocycles. The summed E-state index contributed by atoms with van der Waals surface area (Å²) in [6.07, 6.45) is 32.1. The molecule has 10 heteroatoms. The average Bonchev–Trinajstić information content (AvgIpc) is 3.24. The van der Waals surface area contributed by atoms with Crippen LogP contribution in [0.25, 0.3) is 0 Å². The van der Waals surface area contributed by atoms with Crippen LogP contribution in [-0.2, 0) is 9.47 Å². The van der Waals surface area contributed by atoms with E-state index in [0.29, 0.717) is 52.6 Å². The van der Waals surface area contributed by atoms with E-state index >= 15 is 0 Å². The van der Waals surface area contributed by atoms with Gasteiger partial charge in [-0.1, -0.05) is 175 Å². The van der Waals surface area contributed by atoms with Crippen LogP contribution in [0.2, 0.25) is 0 Å². The lowest BCUT2D eigenvalue weighted by atomic mass is 10.0. The number of piperazine rings is 1. The normalized spacial score (nSPS) is 15.8. The van der Waals surface area contributed by atoms with E-state index in [4.69, 9.17) is 9.47 Å². The van der Waals surface area contributed by atoms with Gasteiger partial charge in [0, 0.05) is 78.5 Å². The Morgan fingerprint density at radius 1 is 0.400 bits per heavy atom. The molecule has 1 saturated heterocycles. The number of nitrogens with zero attached hydrogens (tertiary/aromatic N) is 4. The number of hydrogen-bond acceptors (Lipinski definition) is 10. The van der Waals surface area contributed by atoms with Crippen molar-refractivity contribution in [1.82, 2.24) is 19.6 Å². The zero-order valence-electron chi connectivity index (χ0n) is 40.2. The van der Waals surface area contributed by atoms with Crippen molar-refractivity contribution in [2.45, 2.75) is 212 Å². The number of ether oxygens (including phenoxy) is 2. The second-order valence-electron chi connectivity index (χ2n) is 18.4. The first kappa shape index (κ1) is 57.6. The maximum atomic E-state index is 10.9. The average molecular weight is 857 g/mol. The Kier molecular flexibility index (Phi) is 42.1. The first-order valence-corrected chi connectivity index (χ1v) is 26.1. The molecular formula is C50H104N4O6. The Morgan fingerprint density at radius 3 is 1.03 bits per heavy atom. The molecule has 1 aliphatic rings. The van der Waals surface area contributed by atoms with Crippen LogP contribution >= 0.6 is 0 Å². The summed E-state index contributed by atoms with van der Waals surface area (Å²) in [6, 6.07) is 0. The third-order valence-corrected chi connectivity index (χ3v) is 12.7. The van der Waals surface area contributed by atoms with Gasteiger partial charge in [0.05, 0.1) is 51.3 Å². The monoisotopic (exact) mass is 857 g/mol. The molecule has 1 fully saturated rings. The van der Waals surface area contributed by atoms with E-state index in [1.54, 1.807) is 0 Å². The van der Waals surface area contributed by atoms with Crippen LogP contribution in [0.5, 0.6) is 0 Å². The topological polar surface area (TPSA) is 112 Å². The number of rotatable bonds is 47. The number of aliphatic hydroxyl groups excluding tert-OH is 4. The molecule has 0 aromatic carbocycles. The summed E-state index contributed by atoms with van der Waals surface area (Å²) >= 11 is 0. The standard InChI is InChI=1S/C50H104N4O6/c1-4-7-10-13-16-19-22-25-28-48(56)45-53(35-40-55)38-43-59-41-36-51-31-33-52(34-32-51)37-42-60-44-39-54(46-49(57)29-26-23-20-17-14-11-8-5-2)47-50(58)30-27-24-21-18-15-12-9-6-3/h48-50,55-58H,4-47H2,1-3H3. The number of hydrogen-bond donors (Lipinski definition) is 4. The molecule has 0 aliphatic carbocycles. The van der Waals surface area contributed by atoms with E-state index in [9.17, 15) is 20.4 Å². The third kappa shape index (κ3) is 37.0. The van der Waals surface area contributed by atoms with Crippen LogP contribution in [0.3, 0.4) is 0 Å². The van der Waals surface area contributed by atoms with Gasteiger partial charge in [-0.25, -0.2) is 0 Å². The van der Waals surface area contributed by atoms with Gasteiger partial charge >= 0.3 is 0 Å². The maximum Gasteiger partial charge on any atom is 0.0667 e.